The van der Waals surface area contributed by atoms with Crippen LogP contribution in [0.4, 0.5) is 16.0 Å². The maximum Gasteiger partial charge on any atom is 0.141 e. The molecule has 4 aromatic rings. The van der Waals surface area contributed by atoms with E-state index in [1.54, 1.807) is 6.07 Å². The second-order valence-electron chi connectivity index (χ2n) is 7.81. The average Bonchev–Trinajstić information content (AvgIpc) is 3.11. The first-order valence-electron chi connectivity index (χ1n) is 10.4. The second kappa shape index (κ2) is 8.45. The normalized spacial score (nSPS) is 17.2. The predicted octanol–water partition coefficient (Wildman–Crippen LogP) is 4.42. The molecular weight excluding hydrogens is 393 g/mol. The summed E-state index contributed by atoms with van der Waals surface area (Å²) < 4.78 is 21.3. The van der Waals surface area contributed by atoms with Gasteiger partial charge in [0, 0.05) is 43.8 Å². The van der Waals surface area contributed by atoms with Crippen LogP contribution in [0.3, 0.4) is 0 Å². The molecule has 1 saturated heterocycles. The molecule has 0 unspecified atom stereocenters. The van der Waals surface area contributed by atoms with E-state index in [0.29, 0.717) is 18.2 Å². The van der Waals surface area contributed by atoms with Crippen molar-refractivity contribution < 1.29 is 9.13 Å². The van der Waals surface area contributed by atoms with Crippen LogP contribution in [0, 0.1) is 5.82 Å². The van der Waals surface area contributed by atoms with Crippen LogP contribution in [0.2, 0.25) is 0 Å². The largest absolute Gasteiger partial charge is 0.369 e. The maximum absolute atomic E-state index is 13.1. The lowest BCUT2D eigenvalue weighted by Crippen LogP contribution is -2.38. The van der Waals surface area contributed by atoms with E-state index in [1.807, 2.05) is 18.2 Å². The number of pyridine rings is 2. The zero-order valence-electron chi connectivity index (χ0n) is 17.3. The lowest BCUT2D eigenvalue weighted by Gasteiger charge is -2.32. The van der Waals surface area contributed by atoms with Gasteiger partial charge in [0.1, 0.15) is 23.6 Å². The number of aromatic nitrogens is 3. The first kappa shape index (κ1) is 19.7. The number of aryl methyl sites for hydroxylation is 1. The van der Waals surface area contributed by atoms with Crippen LogP contribution in [0.1, 0.15) is 17.4 Å². The summed E-state index contributed by atoms with van der Waals surface area (Å²) in [5.41, 5.74) is 3.44. The Morgan fingerprint density at radius 2 is 2.00 bits per heavy atom. The summed E-state index contributed by atoms with van der Waals surface area (Å²) in [5.74, 6) is 0.841. The number of ether oxygens (including phenoxy) is 1. The molecular formula is C24H24FN5O. The Morgan fingerprint density at radius 3 is 2.87 bits per heavy atom. The minimum atomic E-state index is -0.367. The van der Waals surface area contributed by atoms with Crippen LogP contribution in [0.25, 0.3) is 10.9 Å². The van der Waals surface area contributed by atoms with Crippen LogP contribution >= 0.6 is 0 Å². The first-order chi connectivity index (χ1) is 15.2. The molecule has 6 nitrogen and oxygen atoms in total. The number of morpholine rings is 1. The van der Waals surface area contributed by atoms with Gasteiger partial charge in [0.25, 0.3) is 0 Å². The fraction of sp³-hybridized carbons (Fsp3) is 0.250. The topological polar surface area (TPSA) is 55.2 Å². The Bertz CT molecular complexity index is 1190. The quantitative estimate of drug-likeness (QED) is 0.521. The van der Waals surface area contributed by atoms with Crippen molar-refractivity contribution in [3.8, 4) is 0 Å². The monoisotopic (exact) mass is 417 g/mol. The fourth-order valence-electron chi connectivity index (χ4n) is 4.10. The standard InChI is InChI=1S/C24H24FN5O/c1-29-14-17(19-5-2-3-7-21(19)29)15-30-11-12-31-22(16-30)20-6-4-8-24(27-20)28-23-10-9-18(25)13-26-23/h2-10,13-14,22H,11-12,15-16H2,1H3,(H,26,27,28)/t22-/m0/s1. The Kier molecular flexibility index (Phi) is 5.36. The third-order valence-corrected chi connectivity index (χ3v) is 5.61. The van der Waals surface area contributed by atoms with E-state index < -0.39 is 0 Å². The molecule has 1 aliphatic rings. The Balaban J connectivity index is 1.30. The van der Waals surface area contributed by atoms with E-state index in [2.05, 4.69) is 57.3 Å². The van der Waals surface area contributed by atoms with Crippen molar-refractivity contribution in [3.05, 3.63) is 84.1 Å². The van der Waals surface area contributed by atoms with Gasteiger partial charge in [0.05, 0.1) is 18.5 Å². The van der Waals surface area contributed by atoms with Gasteiger partial charge in [0.2, 0.25) is 0 Å². The molecule has 7 heteroatoms. The Hall–Kier alpha value is -3.29. The summed E-state index contributed by atoms with van der Waals surface area (Å²) >= 11 is 0. The maximum atomic E-state index is 13.1. The number of fused-ring (bicyclic) bond motifs is 1. The smallest absolute Gasteiger partial charge is 0.141 e. The molecule has 0 amide bonds. The average molecular weight is 417 g/mol. The van der Waals surface area contributed by atoms with E-state index in [4.69, 9.17) is 9.72 Å². The zero-order valence-corrected chi connectivity index (χ0v) is 17.3. The molecule has 1 aliphatic heterocycles. The molecule has 5 rings (SSSR count). The molecule has 1 fully saturated rings. The van der Waals surface area contributed by atoms with Crippen LogP contribution in [0.15, 0.2) is 67.0 Å². The number of nitrogens with one attached hydrogen (secondary N) is 1. The fourth-order valence-corrected chi connectivity index (χ4v) is 4.10. The summed E-state index contributed by atoms with van der Waals surface area (Å²) in [5, 5.41) is 4.42. The van der Waals surface area contributed by atoms with Crippen LogP contribution in [-0.4, -0.2) is 39.1 Å². The molecule has 0 saturated carbocycles. The lowest BCUT2D eigenvalue weighted by molar-refractivity contribution is -0.0348. The third kappa shape index (κ3) is 4.28. The van der Waals surface area contributed by atoms with Gasteiger partial charge in [-0.15, -0.1) is 0 Å². The van der Waals surface area contributed by atoms with E-state index in [9.17, 15) is 4.39 Å². The van der Waals surface area contributed by atoms with Gasteiger partial charge in [-0.25, -0.2) is 14.4 Å². The predicted molar refractivity (Wildman–Crippen MR) is 119 cm³/mol. The summed E-state index contributed by atoms with van der Waals surface area (Å²) in [4.78, 5) is 11.2. The highest BCUT2D eigenvalue weighted by Crippen LogP contribution is 2.26. The van der Waals surface area contributed by atoms with Crippen molar-refractivity contribution in [2.24, 2.45) is 7.05 Å². The van der Waals surface area contributed by atoms with Crippen molar-refractivity contribution in [3.63, 3.8) is 0 Å². The number of anilines is 2. The molecule has 0 spiro atoms. The summed E-state index contributed by atoms with van der Waals surface area (Å²) in [6, 6.07) is 17.3. The highest BCUT2D eigenvalue weighted by molar-refractivity contribution is 5.83. The van der Waals surface area contributed by atoms with Crippen LogP contribution in [-0.2, 0) is 18.3 Å². The number of nitrogens with zero attached hydrogens (tertiary/aromatic N) is 4. The second-order valence-corrected chi connectivity index (χ2v) is 7.81. The number of para-hydroxylation sites is 1. The number of benzene rings is 1. The van der Waals surface area contributed by atoms with Gasteiger partial charge in [-0.1, -0.05) is 24.3 Å². The van der Waals surface area contributed by atoms with E-state index >= 15 is 0 Å². The van der Waals surface area contributed by atoms with Gasteiger partial charge in [0.15, 0.2) is 0 Å². The molecule has 0 radical (unpaired) electrons. The van der Waals surface area contributed by atoms with Gasteiger partial charge in [-0.3, -0.25) is 4.90 Å². The molecule has 0 bridgehead atoms. The highest BCUT2D eigenvalue weighted by Gasteiger charge is 2.24. The molecule has 4 heterocycles. The molecule has 1 atom stereocenters. The van der Waals surface area contributed by atoms with Crippen molar-refractivity contribution in [1.82, 2.24) is 19.4 Å². The molecule has 158 valence electrons. The van der Waals surface area contributed by atoms with Gasteiger partial charge < -0.3 is 14.6 Å². The summed E-state index contributed by atoms with van der Waals surface area (Å²) in [7, 11) is 2.09. The van der Waals surface area contributed by atoms with Crippen molar-refractivity contribution >= 4 is 22.5 Å². The Morgan fingerprint density at radius 1 is 1.10 bits per heavy atom. The van der Waals surface area contributed by atoms with E-state index in [0.717, 1.165) is 25.3 Å². The molecule has 31 heavy (non-hydrogen) atoms. The molecule has 1 aromatic carbocycles. The van der Waals surface area contributed by atoms with Crippen LogP contribution in [0.5, 0.6) is 0 Å². The number of rotatable bonds is 5. The number of halogens is 1. The minimum Gasteiger partial charge on any atom is -0.369 e. The van der Waals surface area contributed by atoms with Gasteiger partial charge in [-0.2, -0.15) is 0 Å². The summed E-state index contributed by atoms with van der Waals surface area (Å²) in [6.45, 7) is 3.19. The number of hydrogen-bond acceptors (Lipinski definition) is 5. The van der Waals surface area contributed by atoms with Crippen molar-refractivity contribution in [2.75, 3.05) is 25.0 Å². The molecule has 1 N–H and O–H groups in total. The van der Waals surface area contributed by atoms with Gasteiger partial charge in [-0.05, 0) is 35.9 Å². The van der Waals surface area contributed by atoms with Gasteiger partial charge >= 0.3 is 0 Å². The minimum absolute atomic E-state index is 0.105. The Labute approximate surface area is 180 Å². The molecule has 3 aromatic heterocycles. The first-order valence-corrected chi connectivity index (χ1v) is 10.4. The highest BCUT2D eigenvalue weighted by atomic mass is 19.1. The van der Waals surface area contributed by atoms with Crippen LogP contribution < -0.4 is 5.32 Å². The summed E-state index contributed by atoms with van der Waals surface area (Å²) in [6.07, 6.45) is 3.29. The van der Waals surface area contributed by atoms with Crippen molar-refractivity contribution in [1.29, 1.82) is 0 Å². The zero-order chi connectivity index (χ0) is 21.2. The molecule has 0 aliphatic carbocycles. The van der Waals surface area contributed by atoms with E-state index in [1.165, 1.54) is 28.7 Å². The van der Waals surface area contributed by atoms with E-state index in [-0.39, 0.29) is 11.9 Å². The third-order valence-electron chi connectivity index (χ3n) is 5.61. The lowest BCUT2D eigenvalue weighted by atomic mass is 10.1. The SMILES string of the molecule is Cn1cc(CN2CCO[C@H](c3cccc(Nc4ccc(F)cn4)n3)C2)c2ccccc21. The van der Waals surface area contributed by atoms with Crippen molar-refractivity contribution in [2.45, 2.75) is 12.6 Å². The number of hydrogen-bond donors (Lipinski definition) is 1.